The average Bonchev–Trinajstić information content (AvgIpc) is 2.91. The SMILES string of the molecule is C/C=C1/CN2[C@H]3CC1C(=O)[C@@H]2CC31SCCS1. The molecule has 92 valence electrons. The minimum atomic E-state index is 0.251. The van der Waals surface area contributed by atoms with Gasteiger partial charge in [0, 0.05) is 30.0 Å². The first kappa shape index (κ1) is 10.9. The molecule has 0 aliphatic carbocycles. The molecule has 5 aliphatic heterocycles. The van der Waals surface area contributed by atoms with Crippen molar-refractivity contribution in [2.45, 2.75) is 35.9 Å². The molecule has 1 spiro atoms. The highest BCUT2D eigenvalue weighted by molar-refractivity contribution is 8.21. The van der Waals surface area contributed by atoms with Crippen molar-refractivity contribution in [1.82, 2.24) is 4.90 Å². The van der Waals surface area contributed by atoms with Crippen LogP contribution in [0, 0.1) is 5.92 Å². The van der Waals surface area contributed by atoms with Crippen LogP contribution >= 0.6 is 23.5 Å². The number of hydrogen-bond acceptors (Lipinski definition) is 4. The molecule has 17 heavy (non-hydrogen) atoms. The molecule has 4 atom stereocenters. The van der Waals surface area contributed by atoms with E-state index in [-0.39, 0.29) is 12.0 Å². The molecular formula is C13H17NOS2. The van der Waals surface area contributed by atoms with Crippen LogP contribution in [-0.4, -0.2) is 44.9 Å². The van der Waals surface area contributed by atoms with E-state index in [1.165, 1.54) is 17.1 Å². The van der Waals surface area contributed by atoms with Gasteiger partial charge in [-0.1, -0.05) is 6.08 Å². The largest absolute Gasteiger partial charge is 0.297 e. The summed E-state index contributed by atoms with van der Waals surface area (Å²) in [6.45, 7) is 3.15. The highest BCUT2D eigenvalue weighted by atomic mass is 32.2. The predicted molar refractivity (Wildman–Crippen MR) is 73.4 cm³/mol. The molecule has 5 saturated heterocycles. The zero-order valence-electron chi connectivity index (χ0n) is 10.0. The van der Waals surface area contributed by atoms with Gasteiger partial charge in [-0.15, -0.1) is 23.5 Å². The quantitative estimate of drug-likeness (QED) is 0.627. The molecule has 5 fully saturated rings. The number of allylic oxidation sites excluding steroid dienone is 1. The van der Waals surface area contributed by atoms with Gasteiger partial charge in [0.2, 0.25) is 0 Å². The molecule has 2 nitrogen and oxygen atoms in total. The second kappa shape index (κ2) is 3.55. The van der Waals surface area contributed by atoms with Gasteiger partial charge in [-0.3, -0.25) is 9.69 Å². The summed E-state index contributed by atoms with van der Waals surface area (Å²) < 4.78 is 0.369. The molecule has 2 unspecified atom stereocenters. The standard InChI is InChI=1S/C13H17NOS2/c1-2-8-7-14-10-6-13(16-3-4-17-13)11(14)5-9(8)12(10)15/h2,9-11H,3-7H2,1H3/b8-2-/t9?,10-,11-/m0/s1. The minimum Gasteiger partial charge on any atom is -0.297 e. The van der Waals surface area contributed by atoms with Gasteiger partial charge in [0.1, 0.15) is 0 Å². The highest BCUT2D eigenvalue weighted by Gasteiger charge is 2.63. The number of Topliss-reactive ketones (excluding diaryl/α,β-unsaturated/α-hetero) is 1. The van der Waals surface area contributed by atoms with Crippen LogP contribution in [0.25, 0.3) is 0 Å². The Kier molecular flexibility index (Phi) is 2.28. The van der Waals surface area contributed by atoms with Crippen LogP contribution in [0.2, 0.25) is 0 Å². The van der Waals surface area contributed by atoms with Crippen molar-refractivity contribution in [2.24, 2.45) is 5.92 Å². The van der Waals surface area contributed by atoms with Gasteiger partial charge in [0.05, 0.1) is 10.1 Å². The second-order valence-electron chi connectivity index (χ2n) is 5.47. The summed E-state index contributed by atoms with van der Waals surface area (Å²) in [5, 5.41) is 0. The zero-order chi connectivity index (χ0) is 11.6. The number of ketones is 1. The van der Waals surface area contributed by atoms with Crippen molar-refractivity contribution < 1.29 is 4.79 Å². The van der Waals surface area contributed by atoms with E-state index in [2.05, 4.69) is 41.4 Å². The number of fused-ring (bicyclic) bond motifs is 1. The van der Waals surface area contributed by atoms with Crippen molar-refractivity contribution in [3.05, 3.63) is 11.6 Å². The van der Waals surface area contributed by atoms with Gasteiger partial charge in [-0.2, -0.15) is 0 Å². The summed E-state index contributed by atoms with van der Waals surface area (Å²) in [5.74, 6) is 3.33. The summed E-state index contributed by atoms with van der Waals surface area (Å²) >= 11 is 4.26. The first-order valence-corrected chi connectivity index (χ1v) is 8.45. The van der Waals surface area contributed by atoms with Crippen molar-refractivity contribution >= 4 is 29.3 Å². The third kappa shape index (κ3) is 1.27. The van der Waals surface area contributed by atoms with E-state index in [4.69, 9.17) is 0 Å². The number of carbonyl (C=O) groups is 1. The Labute approximate surface area is 111 Å². The van der Waals surface area contributed by atoms with Crippen LogP contribution in [0.15, 0.2) is 11.6 Å². The molecule has 4 bridgehead atoms. The smallest absolute Gasteiger partial charge is 0.157 e. The monoisotopic (exact) mass is 267 g/mol. The Bertz CT molecular complexity index is 414. The van der Waals surface area contributed by atoms with Crippen LogP contribution in [0.1, 0.15) is 19.8 Å². The highest BCUT2D eigenvalue weighted by Crippen LogP contribution is 2.61. The van der Waals surface area contributed by atoms with E-state index in [0.29, 0.717) is 15.9 Å². The van der Waals surface area contributed by atoms with Crippen LogP contribution in [-0.2, 0) is 4.79 Å². The zero-order valence-corrected chi connectivity index (χ0v) is 11.6. The lowest BCUT2D eigenvalue weighted by molar-refractivity contribution is -0.132. The molecule has 0 aromatic carbocycles. The number of carbonyl (C=O) groups excluding carboxylic acids is 1. The fourth-order valence-corrected chi connectivity index (χ4v) is 7.68. The fraction of sp³-hybridized carbons (Fsp3) is 0.769. The topological polar surface area (TPSA) is 20.3 Å². The van der Waals surface area contributed by atoms with Gasteiger partial charge in [-0.05, 0) is 25.3 Å². The van der Waals surface area contributed by atoms with Crippen LogP contribution in [0.4, 0.5) is 0 Å². The fourth-order valence-electron chi connectivity index (χ4n) is 4.09. The van der Waals surface area contributed by atoms with Crippen molar-refractivity contribution in [3.63, 3.8) is 0 Å². The molecule has 0 amide bonds. The van der Waals surface area contributed by atoms with Crippen molar-refractivity contribution in [1.29, 1.82) is 0 Å². The maximum Gasteiger partial charge on any atom is 0.157 e. The molecule has 0 N–H and O–H groups in total. The lowest BCUT2D eigenvalue weighted by atomic mass is 9.78. The Morgan fingerprint density at radius 2 is 2.18 bits per heavy atom. The summed E-state index contributed by atoms with van der Waals surface area (Å²) in [7, 11) is 0. The molecule has 5 heterocycles. The minimum absolute atomic E-state index is 0.251. The van der Waals surface area contributed by atoms with Crippen LogP contribution in [0.5, 0.6) is 0 Å². The van der Waals surface area contributed by atoms with E-state index in [1.807, 2.05) is 0 Å². The maximum atomic E-state index is 12.5. The number of piperidine rings is 3. The van der Waals surface area contributed by atoms with Gasteiger partial charge >= 0.3 is 0 Å². The van der Waals surface area contributed by atoms with Crippen molar-refractivity contribution in [2.75, 3.05) is 18.1 Å². The van der Waals surface area contributed by atoms with Gasteiger partial charge in [0.25, 0.3) is 0 Å². The third-order valence-corrected chi connectivity index (χ3v) is 8.51. The van der Waals surface area contributed by atoms with Crippen LogP contribution < -0.4 is 0 Å². The molecule has 0 radical (unpaired) electrons. The predicted octanol–water partition coefficient (Wildman–Crippen LogP) is 2.15. The Morgan fingerprint density at radius 1 is 1.41 bits per heavy atom. The Morgan fingerprint density at radius 3 is 2.88 bits per heavy atom. The number of nitrogens with zero attached hydrogens (tertiary/aromatic N) is 1. The van der Waals surface area contributed by atoms with E-state index in [1.54, 1.807) is 0 Å². The van der Waals surface area contributed by atoms with E-state index >= 15 is 0 Å². The molecule has 5 rings (SSSR count). The van der Waals surface area contributed by atoms with Gasteiger partial charge < -0.3 is 0 Å². The summed E-state index contributed by atoms with van der Waals surface area (Å²) in [6, 6.07) is 0.914. The molecule has 0 saturated carbocycles. The van der Waals surface area contributed by atoms with Gasteiger partial charge in [0.15, 0.2) is 5.78 Å². The number of rotatable bonds is 0. The number of thioether (sulfide) groups is 2. The number of hydrogen-bond donors (Lipinski definition) is 0. The molecular weight excluding hydrogens is 250 g/mol. The lowest BCUT2D eigenvalue weighted by Crippen LogP contribution is -2.57. The van der Waals surface area contributed by atoms with E-state index in [0.717, 1.165) is 19.4 Å². The Hall–Kier alpha value is 0.0700. The summed E-state index contributed by atoms with van der Waals surface area (Å²) in [4.78, 5) is 15.0. The van der Waals surface area contributed by atoms with E-state index < -0.39 is 0 Å². The molecule has 4 heteroatoms. The summed E-state index contributed by atoms with van der Waals surface area (Å²) in [5.41, 5.74) is 1.38. The summed E-state index contributed by atoms with van der Waals surface area (Å²) in [6.07, 6.45) is 4.38. The van der Waals surface area contributed by atoms with E-state index in [9.17, 15) is 4.79 Å². The molecule has 5 aliphatic rings. The second-order valence-corrected chi connectivity index (χ2v) is 8.58. The average molecular weight is 267 g/mol. The van der Waals surface area contributed by atoms with Crippen LogP contribution in [0.3, 0.4) is 0 Å². The first-order valence-electron chi connectivity index (χ1n) is 6.47. The normalized spacial score (nSPS) is 48.5. The lowest BCUT2D eigenvalue weighted by Gasteiger charge is -2.47. The third-order valence-electron chi connectivity index (χ3n) is 4.88. The molecule has 0 aromatic heterocycles. The van der Waals surface area contributed by atoms with Gasteiger partial charge in [-0.25, -0.2) is 0 Å². The first-order chi connectivity index (χ1) is 8.25. The maximum absolute atomic E-state index is 12.5. The molecule has 0 aromatic rings. The Balaban J connectivity index is 1.75. The van der Waals surface area contributed by atoms with Crippen molar-refractivity contribution in [3.8, 4) is 0 Å².